The molecule has 4 heteroatoms. The third-order valence-electron chi connectivity index (χ3n) is 3.79. The highest BCUT2D eigenvalue weighted by atomic mass is 16.4. The molecular formula is C16H18N2O2. The molecule has 1 aliphatic rings. The van der Waals surface area contributed by atoms with E-state index in [1.165, 1.54) is 12.8 Å². The van der Waals surface area contributed by atoms with Crippen LogP contribution in [0.4, 0.5) is 0 Å². The summed E-state index contributed by atoms with van der Waals surface area (Å²) in [6.45, 7) is 2.80. The van der Waals surface area contributed by atoms with E-state index in [9.17, 15) is 9.90 Å². The van der Waals surface area contributed by atoms with Gasteiger partial charge in [0.25, 0.3) is 0 Å². The number of hydrogen-bond acceptors (Lipinski definition) is 2. The minimum absolute atomic E-state index is 0.385. The quantitative estimate of drug-likeness (QED) is 0.898. The molecular weight excluding hydrogens is 252 g/mol. The molecule has 0 atom stereocenters. The number of nitrogens with zero attached hydrogens (tertiary/aromatic N) is 1. The van der Waals surface area contributed by atoms with Gasteiger partial charge < -0.3 is 10.1 Å². The molecule has 0 bridgehead atoms. The molecule has 1 saturated heterocycles. The Morgan fingerprint density at radius 3 is 2.55 bits per heavy atom. The molecule has 0 unspecified atom stereocenters. The highest BCUT2D eigenvalue weighted by Crippen LogP contribution is 2.23. The van der Waals surface area contributed by atoms with Gasteiger partial charge in [0.2, 0.25) is 0 Å². The molecule has 1 aromatic carbocycles. The number of hydrogen-bond donors (Lipinski definition) is 2. The molecule has 1 fully saturated rings. The normalized spacial score (nSPS) is 15.6. The van der Waals surface area contributed by atoms with E-state index >= 15 is 0 Å². The average molecular weight is 270 g/mol. The molecule has 0 radical (unpaired) electrons. The second kappa shape index (κ2) is 5.51. The van der Waals surface area contributed by atoms with Crippen LogP contribution in [0.15, 0.2) is 36.4 Å². The number of rotatable bonds is 4. The first-order valence-corrected chi connectivity index (χ1v) is 6.97. The van der Waals surface area contributed by atoms with E-state index in [0.29, 0.717) is 12.1 Å². The lowest BCUT2D eigenvalue weighted by Crippen LogP contribution is -2.20. The smallest absolute Gasteiger partial charge is 0.337 e. The standard InChI is InChI=1S/C16H18N2O2/c19-16(20)13-10-14(12-6-2-1-3-7-12)17-15(13)11-18-8-4-5-9-18/h1-3,6-7,10,17H,4-5,8-9,11H2,(H,19,20). The fourth-order valence-electron chi connectivity index (χ4n) is 2.75. The maximum absolute atomic E-state index is 11.4. The van der Waals surface area contributed by atoms with Gasteiger partial charge in [-0.2, -0.15) is 0 Å². The molecule has 0 spiro atoms. The van der Waals surface area contributed by atoms with Crippen LogP contribution in [-0.2, 0) is 6.54 Å². The van der Waals surface area contributed by atoms with Crippen molar-refractivity contribution in [3.8, 4) is 11.3 Å². The first kappa shape index (κ1) is 12.9. The number of aromatic nitrogens is 1. The van der Waals surface area contributed by atoms with Crippen molar-refractivity contribution in [3.05, 3.63) is 47.7 Å². The van der Waals surface area contributed by atoms with Crippen LogP contribution in [-0.4, -0.2) is 34.0 Å². The number of H-pyrrole nitrogens is 1. The summed E-state index contributed by atoms with van der Waals surface area (Å²) in [4.78, 5) is 17.0. The SMILES string of the molecule is O=C(O)c1cc(-c2ccccc2)[nH]c1CN1CCCC1. The van der Waals surface area contributed by atoms with Crippen LogP contribution in [0.25, 0.3) is 11.3 Å². The highest BCUT2D eigenvalue weighted by molar-refractivity contribution is 5.91. The summed E-state index contributed by atoms with van der Waals surface area (Å²) in [6.07, 6.45) is 2.41. The lowest BCUT2D eigenvalue weighted by atomic mass is 10.1. The average Bonchev–Trinajstić information content (AvgIpc) is 3.10. The Kier molecular flexibility index (Phi) is 3.56. The second-order valence-corrected chi connectivity index (χ2v) is 5.23. The van der Waals surface area contributed by atoms with Crippen molar-refractivity contribution in [2.24, 2.45) is 0 Å². The summed E-state index contributed by atoms with van der Waals surface area (Å²) in [5.41, 5.74) is 3.08. The zero-order chi connectivity index (χ0) is 13.9. The monoisotopic (exact) mass is 270 g/mol. The van der Waals surface area contributed by atoms with E-state index in [4.69, 9.17) is 0 Å². The summed E-state index contributed by atoms with van der Waals surface area (Å²) < 4.78 is 0. The molecule has 2 heterocycles. The number of aromatic amines is 1. The maximum atomic E-state index is 11.4. The molecule has 2 aromatic rings. The topological polar surface area (TPSA) is 56.3 Å². The molecule has 3 rings (SSSR count). The van der Waals surface area contributed by atoms with Crippen molar-refractivity contribution in [2.75, 3.05) is 13.1 Å². The first-order valence-electron chi connectivity index (χ1n) is 6.97. The molecule has 4 nitrogen and oxygen atoms in total. The summed E-state index contributed by atoms with van der Waals surface area (Å²) in [5.74, 6) is -0.863. The lowest BCUT2D eigenvalue weighted by Gasteiger charge is -2.13. The van der Waals surface area contributed by atoms with Gasteiger partial charge in [0.1, 0.15) is 0 Å². The van der Waals surface area contributed by atoms with Crippen LogP contribution in [0.1, 0.15) is 28.9 Å². The van der Waals surface area contributed by atoms with Crippen molar-refractivity contribution in [1.82, 2.24) is 9.88 Å². The molecule has 0 amide bonds. The minimum atomic E-state index is -0.863. The van der Waals surface area contributed by atoms with Gasteiger partial charge in [-0.1, -0.05) is 30.3 Å². The molecule has 0 aliphatic carbocycles. The number of carboxylic acids is 1. The third-order valence-corrected chi connectivity index (χ3v) is 3.79. The predicted octanol–water partition coefficient (Wildman–Crippen LogP) is 2.98. The largest absolute Gasteiger partial charge is 0.478 e. The van der Waals surface area contributed by atoms with E-state index in [2.05, 4.69) is 9.88 Å². The van der Waals surface area contributed by atoms with Crippen molar-refractivity contribution >= 4 is 5.97 Å². The van der Waals surface area contributed by atoms with Gasteiger partial charge in [0.15, 0.2) is 0 Å². The van der Waals surface area contributed by atoms with Crippen molar-refractivity contribution in [1.29, 1.82) is 0 Å². The van der Waals surface area contributed by atoms with E-state index in [1.807, 2.05) is 30.3 Å². The second-order valence-electron chi connectivity index (χ2n) is 5.23. The van der Waals surface area contributed by atoms with Crippen LogP contribution in [0.2, 0.25) is 0 Å². The van der Waals surface area contributed by atoms with E-state index in [-0.39, 0.29) is 0 Å². The maximum Gasteiger partial charge on any atom is 0.337 e. The van der Waals surface area contributed by atoms with Crippen molar-refractivity contribution < 1.29 is 9.90 Å². The van der Waals surface area contributed by atoms with E-state index < -0.39 is 5.97 Å². The fourth-order valence-corrected chi connectivity index (χ4v) is 2.75. The number of nitrogens with one attached hydrogen (secondary N) is 1. The summed E-state index contributed by atoms with van der Waals surface area (Å²) in [7, 11) is 0. The fraction of sp³-hybridized carbons (Fsp3) is 0.312. The Morgan fingerprint density at radius 2 is 1.90 bits per heavy atom. The van der Waals surface area contributed by atoms with Crippen LogP contribution in [0, 0.1) is 0 Å². The summed E-state index contributed by atoms with van der Waals surface area (Å²) >= 11 is 0. The van der Waals surface area contributed by atoms with Crippen molar-refractivity contribution in [3.63, 3.8) is 0 Å². The molecule has 20 heavy (non-hydrogen) atoms. The predicted molar refractivity (Wildman–Crippen MR) is 77.7 cm³/mol. The number of benzene rings is 1. The van der Waals surface area contributed by atoms with Gasteiger partial charge in [-0.25, -0.2) is 4.79 Å². The van der Waals surface area contributed by atoms with Gasteiger partial charge in [0, 0.05) is 17.9 Å². The number of carbonyl (C=O) groups is 1. The van der Waals surface area contributed by atoms with Gasteiger partial charge in [0.05, 0.1) is 5.56 Å². The molecule has 1 aliphatic heterocycles. The summed E-state index contributed by atoms with van der Waals surface area (Å²) in [5, 5.41) is 9.36. The molecule has 2 N–H and O–H groups in total. The minimum Gasteiger partial charge on any atom is -0.478 e. The van der Waals surface area contributed by atoms with E-state index in [0.717, 1.165) is 30.0 Å². The Labute approximate surface area is 118 Å². The molecule has 1 aromatic heterocycles. The third kappa shape index (κ3) is 2.60. The number of aromatic carboxylic acids is 1. The van der Waals surface area contributed by atoms with Gasteiger partial charge >= 0.3 is 5.97 Å². The highest BCUT2D eigenvalue weighted by Gasteiger charge is 2.19. The van der Waals surface area contributed by atoms with Crippen LogP contribution < -0.4 is 0 Å². The molecule has 0 saturated carbocycles. The number of carboxylic acid groups (broad SMARTS) is 1. The Balaban J connectivity index is 1.92. The van der Waals surface area contributed by atoms with Crippen LogP contribution in [0.5, 0.6) is 0 Å². The first-order chi connectivity index (χ1) is 9.74. The van der Waals surface area contributed by atoms with Crippen LogP contribution >= 0.6 is 0 Å². The zero-order valence-electron chi connectivity index (χ0n) is 11.3. The molecule has 104 valence electrons. The van der Waals surface area contributed by atoms with E-state index in [1.54, 1.807) is 6.07 Å². The van der Waals surface area contributed by atoms with Gasteiger partial charge in [-0.3, -0.25) is 4.90 Å². The number of likely N-dealkylation sites (tertiary alicyclic amines) is 1. The lowest BCUT2D eigenvalue weighted by molar-refractivity contribution is 0.0695. The Morgan fingerprint density at radius 1 is 1.20 bits per heavy atom. The Bertz CT molecular complexity index is 598. The van der Waals surface area contributed by atoms with Gasteiger partial charge in [-0.15, -0.1) is 0 Å². The van der Waals surface area contributed by atoms with Crippen LogP contribution in [0.3, 0.4) is 0 Å². The zero-order valence-corrected chi connectivity index (χ0v) is 11.3. The van der Waals surface area contributed by atoms with Gasteiger partial charge in [-0.05, 0) is 37.6 Å². The van der Waals surface area contributed by atoms with Crippen molar-refractivity contribution in [2.45, 2.75) is 19.4 Å². The Hall–Kier alpha value is -2.07. The summed E-state index contributed by atoms with van der Waals surface area (Å²) in [6, 6.07) is 11.6.